The molecule has 0 saturated carbocycles. The average Bonchev–Trinajstić information content (AvgIpc) is 3.14. The van der Waals surface area contributed by atoms with Gasteiger partial charge in [0.2, 0.25) is 5.89 Å². The van der Waals surface area contributed by atoms with Crippen LogP contribution in [0.3, 0.4) is 0 Å². The van der Waals surface area contributed by atoms with Gasteiger partial charge in [-0.2, -0.15) is 0 Å². The number of oxazole rings is 1. The number of aliphatic hydroxyl groups excluding tert-OH is 1. The zero-order chi connectivity index (χ0) is 17.2. The van der Waals surface area contributed by atoms with Gasteiger partial charge in [0.1, 0.15) is 5.76 Å². The summed E-state index contributed by atoms with van der Waals surface area (Å²) in [5, 5.41) is 11.9. The lowest BCUT2D eigenvalue weighted by Gasteiger charge is -2.38. The van der Waals surface area contributed by atoms with Crippen LogP contribution in [0.1, 0.15) is 29.9 Å². The fraction of sp³-hybridized carbons (Fsp3) is 0.611. The molecule has 0 aromatic carbocycles. The first-order valence-corrected chi connectivity index (χ1v) is 9.29. The van der Waals surface area contributed by atoms with E-state index < -0.39 is 0 Å². The van der Waals surface area contributed by atoms with E-state index in [2.05, 4.69) is 30.3 Å². The van der Waals surface area contributed by atoms with Crippen LogP contribution in [0.4, 0.5) is 0 Å². The molecule has 0 aliphatic carbocycles. The summed E-state index contributed by atoms with van der Waals surface area (Å²) in [5.74, 6) is 1.58. The fourth-order valence-corrected chi connectivity index (χ4v) is 4.17. The van der Waals surface area contributed by atoms with Gasteiger partial charge in [-0.25, -0.2) is 4.98 Å². The van der Waals surface area contributed by atoms with Crippen molar-refractivity contribution in [3.8, 4) is 10.8 Å². The molecule has 1 aliphatic rings. The number of aromatic nitrogens is 1. The topological polar surface area (TPSA) is 58.7 Å². The number of thiophene rings is 1. The van der Waals surface area contributed by atoms with Crippen molar-refractivity contribution in [1.29, 1.82) is 0 Å². The van der Waals surface area contributed by atoms with Gasteiger partial charge < -0.3 is 14.3 Å². The van der Waals surface area contributed by atoms with Crippen LogP contribution in [0.25, 0.3) is 10.8 Å². The third-order valence-electron chi connectivity index (χ3n) is 4.86. The first-order chi connectivity index (χ1) is 11.5. The summed E-state index contributed by atoms with van der Waals surface area (Å²) in [4.78, 5) is 8.04. The summed E-state index contributed by atoms with van der Waals surface area (Å²) in [6.07, 6.45) is 1.82. The molecule has 6 heteroatoms. The quantitative estimate of drug-likeness (QED) is 0.867. The van der Waals surface area contributed by atoms with Crippen LogP contribution < -0.4 is 0 Å². The first-order valence-electron chi connectivity index (χ1n) is 8.41. The van der Waals surface area contributed by atoms with E-state index in [0.717, 1.165) is 55.5 Å². The number of aryl methyl sites for hydroxylation is 2. The van der Waals surface area contributed by atoms with Crippen LogP contribution in [-0.4, -0.2) is 48.4 Å². The highest BCUT2D eigenvalue weighted by atomic mass is 32.1. The standard InChI is InChI=1S/C18H26N2O3S/c1-13-4-9-24-16(13)17-19-15(14(2)23-17)10-20(3)11-18(12-21)5-7-22-8-6-18/h4,9,21H,5-8,10-12H2,1-3H3. The summed E-state index contributed by atoms with van der Waals surface area (Å²) in [6.45, 7) is 7.29. The van der Waals surface area contributed by atoms with Crippen molar-refractivity contribution < 1.29 is 14.3 Å². The highest BCUT2D eigenvalue weighted by Gasteiger charge is 2.33. The third kappa shape index (κ3) is 3.72. The molecule has 3 heterocycles. The lowest BCUT2D eigenvalue weighted by Crippen LogP contribution is -2.42. The van der Waals surface area contributed by atoms with E-state index in [1.54, 1.807) is 11.3 Å². The molecule has 132 valence electrons. The van der Waals surface area contributed by atoms with Crippen molar-refractivity contribution in [2.24, 2.45) is 5.41 Å². The zero-order valence-corrected chi connectivity index (χ0v) is 15.5. The Morgan fingerprint density at radius 2 is 2.08 bits per heavy atom. The molecule has 1 aliphatic heterocycles. The van der Waals surface area contributed by atoms with E-state index in [9.17, 15) is 5.11 Å². The molecule has 1 N–H and O–H groups in total. The molecule has 2 aromatic heterocycles. The Kier molecular flexibility index (Phi) is 5.39. The van der Waals surface area contributed by atoms with Gasteiger partial charge in [0.25, 0.3) is 0 Å². The Bertz CT molecular complexity index is 674. The molecule has 2 aromatic rings. The van der Waals surface area contributed by atoms with Crippen molar-refractivity contribution in [2.45, 2.75) is 33.2 Å². The number of aliphatic hydroxyl groups is 1. The normalized spacial score (nSPS) is 17.5. The molecular weight excluding hydrogens is 324 g/mol. The van der Waals surface area contributed by atoms with Gasteiger partial charge in [-0.1, -0.05) is 0 Å². The Hall–Kier alpha value is -1.21. The molecule has 1 saturated heterocycles. The van der Waals surface area contributed by atoms with Gasteiger partial charge in [0.05, 0.1) is 17.2 Å². The third-order valence-corrected chi connectivity index (χ3v) is 5.87. The lowest BCUT2D eigenvalue weighted by atomic mass is 9.80. The Labute approximate surface area is 147 Å². The molecule has 0 amide bonds. The Morgan fingerprint density at radius 1 is 1.33 bits per heavy atom. The maximum Gasteiger partial charge on any atom is 0.237 e. The molecule has 0 bridgehead atoms. The molecule has 1 fully saturated rings. The van der Waals surface area contributed by atoms with Crippen molar-refractivity contribution in [1.82, 2.24) is 9.88 Å². The van der Waals surface area contributed by atoms with Crippen LogP contribution >= 0.6 is 11.3 Å². The van der Waals surface area contributed by atoms with Gasteiger partial charge >= 0.3 is 0 Å². The van der Waals surface area contributed by atoms with Gasteiger partial charge in [-0.05, 0) is 50.7 Å². The van der Waals surface area contributed by atoms with E-state index in [1.165, 1.54) is 5.56 Å². The number of hydrogen-bond donors (Lipinski definition) is 1. The van der Waals surface area contributed by atoms with E-state index in [-0.39, 0.29) is 12.0 Å². The van der Waals surface area contributed by atoms with Crippen LogP contribution in [-0.2, 0) is 11.3 Å². The van der Waals surface area contributed by atoms with Gasteiger partial charge in [0.15, 0.2) is 0 Å². The smallest absolute Gasteiger partial charge is 0.237 e. The summed E-state index contributed by atoms with van der Waals surface area (Å²) in [7, 11) is 2.08. The molecule has 0 unspecified atom stereocenters. The number of ether oxygens (including phenoxy) is 1. The van der Waals surface area contributed by atoms with Crippen LogP contribution in [0.5, 0.6) is 0 Å². The highest BCUT2D eigenvalue weighted by molar-refractivity contribution is 7.13. The first kappa shape index (κ1) is 17.6. The number of rotatable bonds is 6. The molecule has 3 rings (SSSR count). The lowest BCUT2D eigenvalue weighted by molar-refractivity contribution is -0.0319. The van der Waals surface area contributed by atoms with Gasteiger partial charge in [-0.15, -0.1) is 11.3 Å². The molecular formula is C18H26N2O3S. The summed E-state index contributed by atoms with van der Waals surface area (Å²) in [6, 6.07) is 2.08. The second kappa shape index (κ2) is 7.35. The van der Waals surface area contributed by atoms with Crippen molar-refractivity contribution >= 4 is 11.3 Å². The minimum atomic E-state index is -0.0577. The molecule has 24 heavy (non-hydrogen) atoms. The number of hydrogen-bond acceptors (Lipinski definition) is 6. The van der Waals surface area contributed by atoms with Crippen molar-refractivity contribution in [3.63, 3.8) is 0 Å². The SMILES string of the molecule is Cc1ccsc1-c1nc(CN(C)CC2(CO)CCOCC2)c(C)o1. The van der Waals surface area contributed by atoms with Gasteiger partial charge in [-0.3, -0.25) is 4.90 Å². The summed E-state index contributed by atoms with van der Waals surface area (Å²) in [5.41, 5.74) is 2.11. The average molecular weight is 350 g/mol. The molecule has 0 spiro atoms. The second-order valence-electron chi connectivity index (χ2n) is 6.90. The minimum Gasteiger partial charge on any atom is -0.440 e. The van der Waals surface area contributed by atoms with Crippen LogP contribution in [0.2, 0.25) is 0 Å². The molecule has 0 radical (unpaired) electrons. The zero-order valence-electron chi connectivity index (χ0n) is 14.7. The minimum absolute atomic E-state index is 0.0577. The van der Waals surface area contributed by atoms with E-state index in [4.69, 9.17) is 14.1 Å². The fourth-order valence-electron chi connectivity index (χ4n) is 3.32. The van der Waals surface area contributed by atoms with Crippen molar-refractivity contribution in [2.75, 3.05) is 33.4 Å². The Morgan fingerprint density at radius 3 is 2.71 bits per heavy atom. The summed E-state index contributed by atoms with van der Waals surface area (Å²) < 4.78 is 11.3. The van der Waals surface area contributed by atoms with Crippen LogP contribution in [0.15, 0.2) is 15.9 Å². The molecule has 5 nitrogen and oxygen atoms in total. The second-order valence-corrected chi connectivity index (χ2v) is 7.81. The predicted octanol–water partition coefficient (Wildman–Crippen LogP) is 3.24. The monoisotopic (exact) mass is 350 g/mol. The number of nitrogens with zero attached hydrogens (tertiary/aromatic N) is 2. The Balaban J connectivity index is 1.69. The maximum atomic E-state index is 9.86. The van der Waals surface area contributed by atoms with Crippen LogP contribution in [0, 0.1) is 19.3 Å². The van der Waals surface area contributed by atoms with Gasteiger partial charge in [0, 0.05) is 31.7 Å². The summed E-state index contributed by atoms with van der Waals surface area (Å²) >= 11 is 1.66. The van der Waals surface area contributed by atoms with E-state index >= 15 is 0 Å². The van der Waals surface area contributed by atoms with E-state index in [0.29, 0.717) is 5.89 Å². The molecule has 0 atom stereocenters. The maximum absolute atomic E-state index is 9.86. The largest absolute Gasteiger partial charge is 0.440 e. The van der Waals surface area contributed by atoms with Crippen molar-refractivity contribution in [3.05, 3.63) is 28.5 Å². The highest BCUT2D eigenvalue weighted by Crippen LogP contribution is 2.32. The van der Waals surface area contributed by atoms with E-state index in [1.807, 2.05) is 6.92 Å². The predicted molar refractivity (Wildman–Crippen MR) is 95.2 cm³/mol.